The molecule has 2 aliphatic heterocycles. The van der Waals surface area contributed by atoms with Crippen LogP contribution < -0.4 is 15.4 Å². The maximum absolute atomic E-state index is 14.1. The van der Waals surface area contributed by atoms with E-state index in [-0.39, 0.29) is 59.2 Å². The summed E-state index contributed by atoms with van der Waals surface area (Å²) < 4.78 is 56.4. The van der Waals surface area contributed by atoms with Gasteiger partial charge in [0.1, 0.15) is 11.3 Å². The van der Waals surface area contributed by atoms with Gasteiger partial charge >= 0.3 is 6.18 Å². The van der Waals surface area contributed by atoms with Crippen molar-refractivity contribution >= 4 is 44.5 Å². The first kappa shape index (κ1) is 32.3. The Morgan fingerprint density at radius 1 is 1.16 bits per heavy atom. The topological polar surface area (TPSA) is 114 Å². The summed E-state index contributed by atoms with van der Waals surface area (Å²) in [5, 5.41) is 13.7. The Hall–Kier alpha value is -4.10. The van der Waals surface area contributed by atoms with Crippen molar-refractivity contribution < 1.29 is 22.4 Å². The van der Waals surface area contributed by atoms with E-state index >= 15 is 0 Å². The van der Waals surface area contributed by atoms with Crippen LogP contribution in [0, 0.1) is 11.3 Å². The van der Waals surface area contributed by atoms with E-state index in [1.54, 1.807) is 4.90 Å². The highest BCUT2D eigenvalue weighted by molar-refractivity contribution is 9.10. The Morgan fingerprint density at radius 3 is 2.49 bits per heavy atom. The molecular formula is C29H30BrF4N9O2. The molecule has 1 aromatic carbocycles. The predicted octanol–water partition coefficient (Wildman–Crippen LogP) is 3.90. The van der Waals surface area contributed by atoms with Gasteiger partial charge in [-0.05, 0) is 25.2 Å². The second kappa shape index (κ2) is 12.7. The number of benzene rings is 1. The Labute approximate surface area is 264 Å². The van der Waals surface area contributed by atoms with Gasteiger partial charge < -0.3 is 14.7 Å². The molecule has 0 saturated carbocycles. The fraction of sp³-hybridized carbons (Fsp3) is 0.448. The molecule has 16 heteroatoms. The molecule has 2 fully saturated rings. The van der Waals surface area contributed by atoms with E-state index in [0.29, 0.717) is 17.8 Å². The summed E-state index contributed by atoms with van der Waals surface area (Å²) in [7, 11) is 0. The lowest BCUT2D eigenvalue weighted by Gasteiger charge is -2.45. The number of nitrogens with zero attached hydrogens (tertiary/aromatic N) is 9. The molecule has 0 unspecified atom stereocenters. The quantitative estimate of drug-likeness (QED) is 0.256. The number of halogens is 5. The maximum atomic E-state index is 14.1. The first-order valence-electron chi connectivity index (χ1n) is 14.3. The van der Waals surface area contributed by atoms with Gasteiger partial charge in [0.2, 0.25) is 5.95 Å². The summed E-state index contributed by atoms with van der Waals surface area (Å²) >= 11 is 2.95. The van der Waals surface area contributed by atoms with Crippen LogP contribution in [0.5, 0.6) is 0 Å². The van der Waals surface area contributed by atoms with E-state index < -0.39 is 40.8 Å². The van der Waals surface area contributed by atoms with Gasteiger partial charge in [0, 0.05) is 43.2 Å². The summed E-state index contributed by atoms with van der Waals surface area (Å²) in [5.41, 5.74) is -2.55. The third-order valence-corrected chi connectivity index (χ3v) is 8.85. The van der Waals surface area contributed by atoms with Gasteiger partial charge in [-0.1, -0.05) is 42.4 Å². The number of carbonyl (C=O) groups excluding carboxylic acids is 1. The summed E-state index contributed by atoms with van der Waals surface area (Å²) in [6, 6.07) is 5.30. The van der Waals surface area contributed by atoms with E-state index in [0.717, 1.165) is 19.2 Å². The molecule has 45 heavy (non-hydrogen) atoms. The van der Waals surface area contributed by atoms with Crippen LogP contribution in [0.4, 0.5) is 29.3 Å². The number of hydrogen-bond donors (Lipinski definition) is 0. The van der Waals surface area contributed by atoms with Crippen molar-refractivity contribution in [1.82, 2.24) is 29.5 Å². The van der Waals surface area contributed by atoms with E-state index in [9.17, 15) is 32.4 Å². The molecule has 4 heterocycles. The van der Waals surface area contributed by atoms with Gasteiger partial charge in [0.15, 0.2) is 5.83 Å². The number of rotatable bonds is 8. The first-order chi connectivity index (χ1) is 21.4. The number of alkyl halides is 3. The number of nitriles is 1. The molecule has 2 aromatic heterocycles. The molecule has 0 radical (unpaired) electrons. The average Bonchev–Trinajstić information content (AvgIpc) is 2.97. The fourth-order valence-electron chi connectivity index (χ4n) is 5.86. The van der Waals surface area contributed by atoms with Crippen molar-refractivity contribution in [1.29, 1.82) is 5.26 Å². The second-order valence-electron chi connectivity index (χ2n) is 10.7. The SMILES string of the molecule is C=C(F)C(=O)N1CCN(c2nc(N3CC(N(CC)CC)C3)nc3c(=O)n(-c4cccc(Br)c4C(F)(F)F)ncc23)C[C@@H]1CC#N. The third-order valence-electron chi connectivity index (χ3n) is 8.19. The van der Waals surface area contributed by atoms with Crippen molar-refractivity contribution in [2.24, 2.45) is 0 Å². The van der Waals surface area contributed by atoms with Gasteiger partial charge in [0.05, 0.1) is 41.4 Å². The van der Waals surface area contributed by atoms with Crippen molar-refractivity contribution in [3.63, 3.8) is 0 Å². The number of piperazine rings is 1. The average molecular weight is 693 g/mol. The number of hydrogen-bond acceptors (Lipinski definition) is 9. The summed E-state index contributed by atoms with van der Waals surface area (Å²) in [6.45, 7) is 10.3. The Kier molecular flexibility index (Phi) is 9.13. The number of fused-ring (bicyclic) bond motifs is 1. The summed E-state index contributed by atoms with van der Waals surface area (Å²) in [5.74, 6) is -1.56. The highest BCUT2D eigenvalue weighted by Crippen LogP contribution is 2.39. The minimum Gasteiger partial charge on any atom is -0.352 e. The minimum atomic E-state index is -4.79. The van der Waals surface area contributed by atoms with Crippen LogP contribution in [0.25, 0.3) is 16.6 Å². The molecule has 2 aliphatic rings. The summed E-state index contributed by atoms with van der Waals surface area (Å²) in [4.78, 5) is 42.9. The Morgan fingerprint density at radius 2 is 1.87 bits per heavy atom. The van der Waals surface area contributed by atoms with Gasteiger partial charge in [-0.25, -0.2) is 9.37 Å². The molecule has 11 nitrogen and oxygen atoms in total. The minimum absolute atomic E-state index is 0.0418. The molecule has 1 atom stereocenters. The Bertz CT molecular complexity index is 1730. The highest BCUT2D eigenvalue weighted by atomic mass is 79.9. The van der Waals surface area contributed by atoms with Crippen LogP contribution in [-0.4, -0.2) is 93.4 Å². The number of amides is 1. The van der Waals surface area contributed by atoms with E-state index in [2.05, 4.69) is 51.3 Å². The number of carbonyl (C=O) groups is 1. The summed E-state index contributed by atoms with van der Waals surface area (Å²) in [6.07, 6.45) is -3.65. The maximum Gasteiger partial charge on any atom is 0.419 e. The van der Waals surface area contributed by atoms with E-state index in [1.807, 2.05) is 11.0 Å². The zero-order valence-corrected chi connectivity index (χ0v) is 26.1. The smallest absolute Gasteiger partial charge is 0.352 e. The first-order valence-corrected chi connectivity index (χ1v) is 15.1. The number of aromatic nitrogens is 4. The van der Waals surface area contributed by atoms with Crippen molar-refractivity contribution in [2.75, 3.05) is 55.6 Å². The van der Waals surface area contributed by atoms with Gasteiger partial charge in [0.25, 0.3) is 11.5 Å². The van der Waals surface area contributed by atoms with Crippen LogP contribution in [0.15, 0.2) is 46.1 Å². The highest BCUT2D eigenvalue weighted by Gasteiger charge is 2.38. The molecule has 0 N–H and O–H groups in total. The molecule has 0 aliphatic carbocycles. The number of anilines is 2. The fourth-order valence-corrected chi connectivity index (χ4v) is 6.44. The zero-order valence-electron chi connectivity index (χ0n) is 24.6. The molecule has 1 amide bonds. The van der Waals surface area contributed by atoms with Gasteiger partial charge in [-0.15, -0.1) is 0 Å². The molecule has 238 valence electrons. The molecule has 5 rings (SSSR count). The lowest BCUT2D eigenvalue weighted by atomic mass is 10.1. The normalized spacial score (nSPS) is 17.5. The second-order valence-corrected chi connectivity index (χ2v) is 11.6. The zero-order chi connectivity index (χ0) is 32.6. The largest absolute Gasteiger partial charge is 0.419 e. The molecular weight excluding hydrogens is 662 g/mol. The lowest BCUT2D eigenvalue weighted by Crippen LogP contribution is -2.60. The van der Waals surface area contributed by atoms with E-state index in [1.165, 1.54) is 23.2 Å². The van der Waals surface area contributed by atoms with Crippen molar-refractivity contribution in [3.8, 4) is 11.8 Å². The van der Waals surface area contributed by atoms with Gasteiger partial charge in [-0.2, -0.15) is 33.2 Å². The third kappa shape index (κ3) is 6.10. The van der Waals surface area contributed by atoms with Crippen LogP contribution >= 0.6 is 15.9 Å². The van der Waals surface area contributed by atoms with E-state index in [4.69, 9.17) is 4.98 Å². The monoisotopic (exact) mass is 691 g/mol. The van der Waals surface area contributed by atoms with Gasteiger partial charge in [-0.3, -0.25) is 14.5 Å². The predicted molar refractivity (Wildman–Crippen MR) is 163 cm³/mol. The standard InChI is InChI=1S/C29H30BrF4N9O2/c1-4-39(5-2)19-15-41(16-19)28-37-24-20(13-36-43(27(24)45)22-8-6-7-21(30)23(22)29(32,33)34)25(38-28)40-11-12-42(26(44)17(3)31)18(14-40)9-10-35/h6-8,13,18-19H,3-5,9,11-12,14-16H2,1-2H3/t18-/m0/s1. The molecule has 0 bridgehead atoms. The van der Waals surface area contributed by atoms with Crippen molar-refractivity contribution in [3.05, 3.63) is 57.2 Å². The molecule has 2 saturated heterocycles. The van der Waals surface area contributed by atoms with Crippen molar-refractivity contribution in [2.45, 2.75) is 38.5 Å². The lowest BCUT2D eigenvalue weighted by molar-refractivity contribution is -0.138. The molecule has 3 aromatic rings. The Balaban J connectivity index is 1.64. The number of likely N-dealkylation sites (N-methyl/N-ethyl adjacent to an activating group) is 1. The van der Waals surface area contributed by atoms with Crippen LogP contribution in [-0.2, 0) is 11.0 Å². The van der Waals surface area contributed by atoms with Crippen LogP contribution in [0.3, 0.4) is 0 Å². The van der Waals surface area contributed by atoms with Crippen LogP contribution in [0.1, 0.15) is 25.8 Å². The van der Waals surface area contributed by atoms with Crippen LogP contribution in [0.2, 0.25) is 0 Å². The molecule has 0 spiro atoms.